The Balaban J connectivity index is 2.17. The number of rotatable bonds is 3. The molecule has 2 nitrogen and oxygen atoms in total. The van der Waals surface area contributed by atoms with Crippen LogP contribution < -0.4 is 10.2 Å². The number of anilines is 1. The number of nitrogens with zero attached hydrogens (tertiary/aromatic N) is 1. The first-order valence-electron chi connectivity index (χ1n) is 7.06. The molecule has 1 fully saturated rings. The fourth-order valence-electron chi connectivity index (χ4n) is 2.92. The van der Waals surface area contributed by atoms with E-state index in [0.29, 0.717) is 0 Å². The number of nitrogens with one attached hydrogen (secondary N) is 1. The van der Waals surface area contributed by atoms with Crippen molar-refractivity contribution in [2.75, 3.05) is 32.1 Å². The first-order valence-corrected chi connectivity index (χ1v) is 7.06. The Morgan fingerprint density at radius 2 is 1.83 bits per heavy atom. The van der Waals surface area contributed by atoms with Crippen LogP contribution in [0.25, 0.3) is 0 Å². The van der Waals surface area contributed by atoms with E-state index in [1.165, 1.54) is 54.7 Å². The van der Waals surface area contributed by atoms with Crippen molar-refractivity contribution < 1.29 is 0 Å². The maximum absolute atomic E-state index is 3.44. The van der Waals surface area contributed by atoms with Crippen molar-refractivity contribution in [1.82, 2.24) is 5.32 Å². The van der Waals surface area contributed by atoms with Crippen LogP contribution in [0.1, 0.15) is 29.5 Å². The molecule has 1 aliphatic rings. The van der Waals surface area contributed by atoms with Crippen LogP contribution in [0, 0.1) is 19.8 Å². The number of aryl methyl sites for hydroxylation is 1. The predicted molar refractivity (Wildman–Crippen MR) is 79.5 cm³/mol. The Kier molecular flexibility index (Phi) is 4.28. The Morgan fingerprint density at radius 1 is 1.17 bits per heavy atom. The minimum Gasteiger partial charge on any atom is -0.377 e. The highest BCUT2D eigenvalue weighted by Crippen LogP contribution is 2.26. The van der Waals surface area contributed by atoms with E-state index in [0.717, 1.165) is 5.92 Å². The molecular weight excluding hydrogens is 220 g/mol. The maximum atomic E-state index is 3.44. The normalized spacial score (nSPS) is 16.9. The van der Waals surface area contributed by atoms with Crippen LogP contribution in [0.5, 0.6) is 0 Å². The molecule has 18 heavy (non-hydrogen) atoms. The molecule has 0 spiro atoms. The third-order valence-electron chi connectivity index (χ3n) is 4.16. The van der Waals surface area contributed by atoms with Gasteiger partial charge in [-0.2, -0.15) is 0 Å². The first kappa shape index (κ1) is 13.4. The smallest absolute Gasteiger partial charge is 0.0396 e. The molecule has 0 bridgehead atoms. The van der Waals surface area contributed by atoms with E-state index in [-0.39, 0.29) is 0 Å². The van der Waals surface area contributed by atoms with E-state index in [4.69, 9.17) is 0 Å². The van der Waals surface area contributed by atoms with Gasteiger partial charge in [0.1, 0.15) is 0 Å². The maximum Gasteiger partial charge on any atom is 0.0396 e. The van der Waals surface area contributed by atoms with Crippen molar-refractivity contribution in [2.45, 2.75) is 33.1 Å². The number of hydrogen-bond acceptors (Lipinski definition) is 2. The van der Waals surface area contributed by atoms with Crippen LogP contribution in [0.4, 0.5) is 5.69 Å². The second kappa shape index (κ2) is 5.75. The fraction of sp³-hybridized carbons (Fsp3) is 0.625. The van der Waals surface area contributed by atoms with Crippen LogP contribution in [-0.2, 0) is 6.42 Å². The van der Waals surface area contributed by atoms with Crippen LogP contribution in [0.2, 0.25) is 0 Å². The lowest BCUT2D eigenvalue weighted by Crippen LogP contribution is -2.28. The van der Waals surface area contributed by atoms with Gasteiger partial charge >= 0.3 is 0 Å². The van der Waals surface area contributed by atoms with E-state index in [1.54, 1.807) is 0 Å². The zero-order chi connectivity index (χ0) is 13.1. The van der Waals surface area contributed by atoms with Gasteiger partial charge in [-0.05, 0) is 74.9 Å². The van der Waals surface area contributed by atoms with Crippen molar-refractivity contribution in [2.24, 2.45) is 5.92 Å². The summed E-state index contributed by atoms with van der Waals surface area (Å²) in [4.78, 5) is 2.23. The molecule has 1 saturated heterocycles. The van der Waals surface area contributed by atoms with Gasteiger partial charge in [0.15, 0.2) is 0 Å². The van der Waals surface area contributed by atoms with Crippen LogP contribution in [0.15, 0.2) is 12.1 Å². The molecule has 1 aromatic rings. The SMILES string of the molecule is Cc1cc(CC2CCNCC2)cc(N(C)C)c1C. The van der Waals surface area contributed by atoms with Gasteiger partial charge in [-0.1, -0.05) is 6.07 Å². The summed E-state index contributed by atoms with van der Waals surface area (Å²) in [6.45, 7) is 6.83. The van der Waals surface area contributed by atoms with Crippen LogP contribution in [-0.4, -0.2) is 27.2 Å². The Labute approximate surface area is 111 Å². The average Bonchev–Trinajstić information content (AvgIpc) is 2.34. The number of benzene rings is 1. The lowest BCUT2D eigenvalue weighted by atomic mass is 9.89. The summed E-state index contributed by atoms with van der Waals surface area (Å²) in [6.07, 6.45) is 3.89. The fourth-order valence-corrected chi connectivity index (χ4v) is 2.92. The van der Waals surface area contributed by atoms with Gasteiger partial charge in [-0.15, -0.1) is 0 Å². The van der Waals surface area contributed by atoms with Crippen molar-refractivity contribution >= 4 is 5.69 Å². The summed E-state index contributed by atoms with van der Waals surface area (Å²) in [5, 5.41) is 3.44. The highest BCUT2D eigenvalue weighted by molar-refractivity contribution is 5.57. The van der Waals surface area contributed by atoms with Gasteiger partial charge in [0, 0.05) is 19.8 Å². The Morgan fingerprint density at radius 3 is 2.44 bits per heavy atom. The summed E-state index contributed by atoms with van der Waals surface area (Å²) in [6, 6.07) is 4.76. The van der Waals surface area contributed by atoms with Gasteiger partial charge in [-0.25, -0.2) is 0 Å². The molecule has 0 atom stereocenters. The Bertz CT molecular complexity index is 404. The first-order chi connectivity index (χ1) is 8.58. The summed E-state index contributed by atoms with van der Waals surface area (Å²) in [5.41, 5.74) is 5.71. The summed E-state index contributed by atoms with van der Waals surface area (Å²) < 4.78 is 0. The monoisotopic (exact) mass is 246 g/mol. The van der Waals surface area contributed by atoms with Crippen molar-refractivity contribution in [3.63, 3.8) is 0 Å². The molecule has 1 N–H and O–H groups in total. The van der Waals surface area contributed by atoms with Crippen molar-refractivity contribution in [1.29, 1.82) is 0 Å². The van der Waals surface area contributed by atoms with E-state index < -0.39 is 0 Å². The Hall–Kier alpha value is -1.02. The third-order valence-corrected chi connectivity index (χ3v) is 4.16. The number of piperidine rings is 1. The van der Waals surface area contributed by atoms with Crippen LogP contribution in [0.3, 0.4) is 0 Å². The molecule has 0 unspecified atom stereocenters. The molecule has 0 aliphatic carbocycles. The molecule has 2 heteroatoms. The molecule has 0 saturated carbocycles. The molecule has 1 aliphatic heterocycles. The zero-order valence-electron chi connectivity index (χ0n) is 12.2. The summed E-state index contributed by atoms with van der Waals surface area (Å²) in [7, 11) is 4.27. The largest absolute Gasteiger partial charge is 0.377 e. The van der Waals surface area contributed by atoms with Gasteiger partial charge in [0.25, 0.3) is 0 Å². The third kappa shape index (κ3) is 3.05. The van der Waals surface area contributed by atoms with E-state index in [1.807, 2.05) is 0 Å². The van der Waals surface area contributed by atoms with Crippen molar-refractivity contribution in [3.05, 3.63) is 28.8 Å². The zero-order valence-corrected chi connectivity index (χ0v) is 12.2. The topological polar surface area (TPSA) is 15.3 Å². The molecule has 0 aromatic heterocycles. The minimum absolute atomic E-state index is 0.864. The summed E-state index contributed by atoms with van der Waals surface area (Å²) >= 11 is 0. The second-order valence-electron chi connectivity index (χ2n) is 5.85. The predicted octanol–water partition coefficient (Wildman–Crippen LogP) is 2.91. The molecule has 2 rings (SSSR count). The lowest BCUT2D eigenvalue weighted by Gasteiger charge is -2.24. The lowest BCUT2D eigenvalue weighted by molar-refractivity contribution is 0.372. The van der Waals surface area contributed by atoms with E-state index >= 15 is 0 Å². The number of hydrogen-bond donors (Lipinski definition) is 1. The summed E-state index contributed by atoms with van der Waals surface area (Å²) in [5.74, 6) is 0.864. The van der Waals surface area contributed by atoms with E-state index in [2.05, 4.69) is 50.3 Å². The molecule has 0 amide bonds. The molecular formula is C16H26N2. The minimum atomic E-state index is 0.864. The quantitative estimate of drug-likeness (QED) is 0.882. The molecule has 1 aromatic carbocycles. The molecule has 1 heterocycles. The highest BCUT2D eigenvalue weighted by atomic mass is 15.1. The second-order valence-corrected chi connectivity index (χ2v) is 5.85. The van der Waals surface area contributed by atoms with Gasteiger partial charge in [0.05, 0.1) is 0 Å². The molecule has 100 valence electrons. The van der Waals surface area contributed by atoms with Gasteiger partial charge in [-0.3, -0.25) is 0 Å². The average molecular weight is 246 g/mol. The van der Waals surface area contributed by atoms with Crippen molar-refractivity contribution in [3.8, 4) is 0 Å². The highest BCUT2D eigenvalue weighted by Gasteiger charge is 2.15. The van der Waals surface area contributed by atoms with E-state index in [9.17, 15) is 0 Å². The van der Waals surface area contributed by atoms with Gasteiger partial charge < -0.3 is 10.2 Å². The van der Waals surface area contributed by atoms with Gasteiger partial charge in [0.2, 0.25) is 0 Å². The molecule has 0 radical (unpaired) electrons. The standard InChI is InChI=1S/C16H26N2/c1-12-9-15(10-14-5-7-17-8-6-14)11-16(13(12)2)18(3)4/h9,11,14,17H,5-8,10H2,1-4H3. The van der Waals surface area contributed by atoms with Crippen LogP contribution >= 0.6 is 0 Å².